The van der Waals surface area contributed by atoms with E-state index in [0.717, 1.165) is 0 Å². The molecule has 0 spiro atoms. The Bertz CT molecular complexity index is 1110. The summed E-state index contributed by atoms with van der Waals surface area (Å²) in [4.78, 5) is 31.2. The number of nitrogens with zero attached hydrogens (tertiary/aromatic N) is 2. The van der Waals surface area contributed by atoms with Gasteiger partial charge in [0.2, 0.25) is 0 Å². The molecule has 0 aliphatic carbocycles. The number of carbonyl (C=O) groups excluding carboxylic acids is 2. The Morgan fingerprint density at radius 3 is 2.59 bits per heavy atom. The van der Waals surface area contributed by atoms with Gasteiger partial charge >= 0.3 is 5.91 Å². The van der Waals surface area contributed by atoms with Gasteiger partial charge in [-0.2, -0.15) is 0 Å². The first-order valence-electron chi connectivity index (χ1n) is 8.65. The van der Waals surface area contributed by atoms with Gasteiger partial charge in [0, 0.05) is 17.1 Å². The van der Waals surface area contributed by atoms with Crippen LogP contribution in [0.25, 0.3) is 5.76 Å². The van der Waals surface area contributed by atoms with Crippen LogP contribution in [0.2, 0.25) is 0 Å². The van der Waals surface area contributed by atoms with Gasteiger partial charge in [0.05, 0.1) is 18.7 Å². The van der Waals surface area contributed by atoms with E-state index in [1.54, 1.807) is 41.8 Å². The van der Waals surface area contributed by atoms with E-state index < -0.39 is 17.7 Å². The van der Waals surface area contributed by atoms with E-state index in [2.05, 4.69) is 4.98 Å². The molecule has 1 amide bonds. The number of aromatic hydroxyl groups is 1. The summed E-state index contributed by atoms with van der Waals surface area (Å²) in [6.07, 6.45) is 1.54. The Morgan fingerprint density at radius 2 is 1.93 bits per heavy atom. The van der Waals surface area contributed by atoms with Crippen LogP contribution in [-0.4, -0.2) is 34.0 Å². The molecule has 1 unspecified atom stereocenters. The van der Waals surface area contributed by atoms with Gasteiger partial charge in [-0.3, -0.25) is 14.5 Å². The summed E-state index contributed by atoms with van der Waals surface area (Å²) < 4.78 is 5.19. The van der Waals surface area contributed by atoms with E-state index in [4.69, 9.17) is 4.74 Å². The Kier molecular flexibility index (Phi) is 4.77. The molecule has 1 aliphatic rings. The highest BCUT2D eigenvalue weighted by molar-refractivity contribution is 7.14. The third-order valence-electron chi connectivity index (χ3n) is 4.62. The number of methoxy groups -OCH3 is 1. The highest BCUT2D eigenvalue weighted by atomic mass is 32.1. The van der Waals surface area contributed by atoms with E-state index in [-0.39, 0.29) is 17.1 Å². The molecule has 1 atom stereocenters. The zero-order chi connectivity index (χ0) is 20.5. The van der Waals surface area contributed by atoms with Gasteiger partial charge < -0.3 is 14.9 Å². The summed E-state index contributed by atoms with van der Waals surface area (Å²) >= 11 is 1.21. The van der Waals surface area contributed by atoms with Crippen LogP contribution in [-0.2, 0) is 9.59 Å². The van der Waals surface area contributed by atoms with Gasteiger partial charge in [-0.1, -0.05) is 24.3 Å². The number of anilines is 1. The summed E-state index contributed by atoms with van der Waals surface area (Å²) in [5.74, 6) is -1.34. The molecule has 1 saturated heterocycles. The average Bonchev–Trinajstić information content (AvgIpc) is 3.35. The SMILES string of the molecule is COc1cccc(/C(O)=C2\C(=O)C(=O)N(c3nccs3)C2c2ccc(O)cc2)c1. The van der Waals surface area contributed by atoms with Crippen molar-refractivity contribution in [2.24, 2.45) is 0 Å². The van der Waals surface area contributed by atoms with Gasteiger partial charge in [0.25, 0.3) is 5.78 Å². The van der Waals surface area contributed by atoms with Crippen molar-refractivity contribution in [3.63, 3.8) is 0 Å². The second-order valence-corrected chi connectivity index (χ2v) is 7.18. The summed E-state index contributed by atoms with van der Waals surface area (Å²) in [5.41, 5.74) is 0.857. The zero-order valence-corrected chi connectivity index (χ0v) is 16.1. The molecule has 0 radical (unpaired) electrons. The van der Waals surface area contributed by atoms with Crippen LogP contribution < -0.4 is 9.64 Å². The van der Waals surface area contributed by atoms with E-state index in [0.29, 0.717) is 22.0 Å². The number of ketones is 1. The normalized spacial score (nSPS) is 18.2. The lowest BCUT2D eigenvalue weighted by atomic mass is 9.95. The van der Waals surface area contributed by atoms with E-state index >= 15 is 0 Å². The fourth-order valence-electron chi connectivity index (χ4n) is 3.26. The van der Waals surface area contributed by atoms with Crippen LogP contribution in [0, 0.1) is 0 Å². The van der Waals surface area contributed by atoms with E-state index in [1.807, 2.05) is 0 Å². The molecule has 29 heavy (non-hydrogen) atoms. The third-order valence-corrected chi connectivity index (χ3v) is 5.39. The standard InChI is InChI=1S/C21H16N2O5S/c1-28-15-4-2-3-13(11-15)18(25)16-17(12-5-7-14(24)8-6-12)23(20(27)19(16)26)21-22-9-10-29-21/h2-11,17,24-25H,1H3/b18-16+. The lowest BCUT2D eigenvalue weighted by Gasteiger charge is -2.23. The number of carbonyl (C=O) groups is 2. The van der Waals surface area contributed by atoms with Crippen molar-refractivity contribution >= 4 is 33.9 Å². The Hall–Kier alpha value is -3.65. The fraction of sp³-hybridized carbons (Fsp3) is 0.0952. The summed E-state index contributed by atoms with van der Waals surface area (Å²) in [6, 6.07) is 11.8. The highest BCUT2D eigenvalue weighted by Gasteiger charge is 2.47. The molecule has 7 nitrogen and oxygen atoms in total. The van der Waals surface area contributed by atoms with Crippen molar-refractivity contribution in [2.75, 3.05) is 12.0 Å². The maximum absolute atomic E-state index is 12.9. The highest BCUT2D eigenvalue weighted by Crippen LogP contribution is 2.43. The third kappa shape index (κ3) is 3.23. The lowest BCUT2D eigenvalue weighted by molar-refractivity contribution is -0.132. The van der Waals surface area contributed by atoms with Gasteiger partial charge in [-0.25, -0.2) is 4.98 Å². The molecule has 0 saturated carbocycles. The van der Waals surface area contributed by atoms with Crippen molar-refractivity contribution in [3.05, 3.63) is 76.8 Å². The minimum absolute atomic E-state index is 0.0488. The Morgan fingerprint density at radius 1 is 1.17 bits per heavy atom. The van der Waals surface area contributed by atoms with Crippen LogP contribution in [0.5, 0.6) is 11.5 Å². The van der Waals surface area contributed by atoms with Gasteiger partial charge in [0.15, 0.2) is 5.13 Å². The zero-order valence-electron chi connectivity index (χ0n) is 15.3. The number of thiazole rings is 1. The average molecular weight is 408 g/mol. The number of Topliss-reactive ketones (excluding diaryl/α,β-unsaturated/α-hetero) is 1. The number of aliphatic hydroxyl groups excluding tert-OH is 1. The summed E-state index contributed by atoms with van der Waals surface area (Å²) in [7, 11) is 1.50. The van der Waals surface area contributed by atoms with Crippen molar-refractivity contribution < 1.29 is 24.5 Å². The molecule has 1 fully saturated rings. The topological polar surface area (TPSA) is 100.0 Å². The van der Waals surface area contributed by atoms with Crippen LogP contribution in [0.4, 0.5) is 5.13 Å². The number of benzene rings is 2. The second kappa shape index (κ2) is 7.40. The number of phenolic OH excluding ortho intramolecular Hbond substituents is 1. The Labute approximate surface area is 170 Å². The van der Waals surface area contributed by atoms with Crippen LogP contribution in [0.3, 0.4) is 0 Å². The number of ether oxygens (including phenoxy) is 1. The van der Waals surface area contributed by atoms with Crippen LogP contribution in [0.15, 0.2) is 65.7 Å². The van der Waals surface area contributed by atoms with Crippen molar-refractivity contribution in [1.82, 2.24) is 4.98 Å². The summed E-state index contributed by atoms with van der Waals surface area (Å²) in [5, 5.41) is 22.7. The van der Waals surface area contributed by atoms with E-state index in [1.165, 1.54) is 41.7 Å². The van der Waals surface area contributed by atoms with Crippen molar-refractivity contribution in [1.29, 1.82) is 0 Å². The maximum atomic E-state index is 12.9. The first kappa shape index (κ1) is 18.7. The van der Waals surface area contributed by atoms with Crippen LogP contribution >= 0.6 is 11.3 Å². The smallest absolute Gasteiger partial charge is 0.301 e. The molecule has 2 aromatic carbocycles. The molecular formula is C21H16N2O5S. The van der Waals surface area contributed by atoms with Crippen LogP contribution in [0.1, 0.15) is 17.2 Å². The molecule has 3 aromatic rings. The predicted molar refractivity (Wildman–Crippen MR) is 108 cm³/mol. The van der Waals surface area contributed by atoms with Gasteiger partial charge in [-0.15, -0.1) is 11.3 Å². The predicted octanol–water partition coefficient (Wildman–Crippen LogP) is 3.48. The Balaban J connectivity index is 1.93. The second-order valence-electron chi connectivity index (χ2n) is 6.31. The van der Waals surface area contributed by atoms with E-state index in [9.17, 15) is 19.8 Å². The monoisotopic (exact) mass is 408 g/mol. The number of amides is 1. The first-order valence-corrected chi connectivity index (χ1v) is 9.53. The van der Waals surface area contributed by atoms with Crippen molar-refractivity contribution in [2.45, 2.75) is 6.04 Å². The number of phenols is 1. The molecule has 4 rings (SSSR count). The number of hydrogen-bond acceptors (Lipinski definition) is 7. The number of aliphatic hydroxyl groups is 1. The fourth-order valence-corrected chi connectivity index (χ4v) is 3.93. The number of rotatable bonds is 4. The molecule has 2 N–H and O–H groups in total. The minimum Gasteiger partial charge on any atom is -0.508 e. The van der Waals surface area contributed by atoms with Gasteiger partial charge in [-0.05, 0) is 29.8 Å². The summed E-state index contributed by atoms with van der Waals surface area (Å²) in [6.45, 7) is 0. The maximum Gasteiger partial charge on any atom is 0.301 e. The van der Waals surface area contributed by atoms with Crippen molar-refractivity contribution in [3.8, 4) is 11.5 Å². The molecule has 146 valence electrons. The minimum atomic E-state index is -0.882. The molecule has 1 aromatic heterocycles. The molecular weight excluding hydrogens is 392 g/mol. The largest absolute Gasteiger partial charge is 0.508 e. The number of aromatic nitrogens is 1. The molecule has 0 bridgehead atoms. The quantitative estimate of drug-likeness (QED) is 0.389. The molecule has 8 heteroatoms. The first-order chi connectivity index (χ1) is 14.0. The van der Waals surface area contributed by atoms with Gasteiger partial charge in [0.1, 0.15) is 17.3 Å². The number of hydrogen-bond donors (Lipinski definition) is 2. The molecule has 1 aliphatic heterocycles. The molecule has 2 heterocycles. The lowest BCUT2D eigenvalue weighted by Crippen LogP contribution is -2.29.